The lowest BCUT2D eigenvalue weighted by Crippen LogP contribution is -2.37. The summed E-state index contributed by atoms with van der Waals surface area (Å²) in [5.74, 6) is 1.33. The van der Waals surface area contributed by atoms with E-state index in [-0.39, 0.29) is 5.91 Å². The number of rotatable bonds is 7. The van der Waals surface area contributed by atoms with Crippen LogP contribution in [0.25, 0.3) is 0 Å². The minimum absolute atomic E-state index is 0.0145. The molecule has 0 saturated heterocycles. The number of hydrogen-bond donors (Lipinski definition) is 0. The Morgan fingerprint density at radius 3 is 2.44 bits per heavy atom. The zero-order valence-corrected chi connectivity index (χ0v) is 16.1. The summed E-state index contributed by atoms with van der Waals surface area (Å²) in [6.07, 6.45) is 12.1. The SMILES string of the molecule is O=C(c1cn(CC2CCCCC2)nn1)N(Cc1ccccc1)CC1CCC1. The van der Waals surface area contributed by atoms with Crippen LogP contribution in [0.1, 0.15) is 67.4 Å². The van der Waals surface area contributed by atoms with E-state index < -0.39 is 0 Å². The molecule has 4 rings (SSSR count). The molecule has 2 aromatic rings. The molecule has 2 saturated carbocycles. The van der Waals surface area contributed by atoms with Gasteiger partial charge in [0.25, 0.3) is 5.91 Å². The van der Waals surface area contributed by atoms with Crippen molar-refractivity contribution in [3.8, 4) is 0 Å². The van der Waals surface area contributed by atoms with E-state index >= 15 is 0 Å². The minimum atomic E-state index is 0.0145. The fraction of sp³-hybridized carbons (Fsp3) is 0.591. The first kappa shape index (κ1) is 18.2. The molecular weight excluding hydrogens is 336 g/mol. The molecule has 0 radical (unpaired) electrons. The van der Waals surface area contributed by atoms with Gasteiger partial charge in [-0.25, -0.2) is 0 Å². The third kappa shape index (κ3) is 4.76. The van der Waals surface area contributed by atoms with Gasteiger partial charge in [-0.15, -0.1) is 5.10 Å². The van der Waals surface area contributed by atoms with E-state index in [0.717, 1.165) is 13.1 Å². The molecule has 2 fully saturated rings. The van der Waals surface area contributed by atoms with E-state index in [1.54, 1.807) is 0 Å². The van der Waals surface area contributed by atoms with Crippen molar-refractivity contribution in [3.05, 3.63) is 47.8 Å². The summed E-state index contributed by atoms with van der Waals surface area (Å²) in [7, 11) is 0. The maximum atomic E-state index is 13.1. The third-order valence-electron chi connectivity index (χ3n) is 6.13. The number of carbonyl (C=O) groups is 1. The van der Waals surface area contributed by atoms with Crippen molar-refractivity contribution >= 4 is 5.91 Å². The van der Waals surface area contributed by atoms with E-state index in [0.29, 0.717) is 24.1 Å². The van der Waals surface area contributed by atoms with Crippen molar-refractivity contribution in [2.24, 2.45) is 11.8 Å². The van der Waals surface area contributed by atoms with Crippen molar-refractivity contribution < 1.29 is 4.79 Å². The third-order valence-corrected chi connectivity index (χ3v) is 6.13. The van der Waals surface area contributed by atoms with Crippen LogP contribution in [-0.4, -0.2) is 32.3 Å². The Morgan fingerprint density at radius 1 is 1.00 bits per heavy atom. The molecule has 0 unspecified atom stereocenters. The number of benzene rings is 1. The molecule has 5 nitrogen and oxygen atoms in total. The first-order valence-corrected chi connectivity index (χ1v) is 10.5. The largest absolute Gasteiger partial charge is 0.333 e. The Morgan fingerprint density at radius 2 is 1.74 bits per heavy atom. The highest BCUT2D eigenvalue weighted by Gasteiger charge is 2.26. The fourth-order valence-corrected chi connectivity index (χ4v) is 4.29. The van der Waals surface area contributed by atoms with E-state index in [2.05, 4.69) is 22.4 Å². The quantitative estimate of drug-likeness (QED) is 0.734. The number of aromatic nitrogens is 3. The van der Waals surface area contributed by atoms with Gasteiger partial charge in [-0.1, -0.05) is 61.2 Å². The monoisotopic (exact) mass is 366 g/mol. The normalized spacial score (nSPS) is 18.2. The molecule has 144 valence electrons. The van der Waals surface area contributed by atoms with Crippen LogP contribution in [0.3, 0.4) is 0 Å². The minimum Gasteiger partial charge on any atom is -0.333 e. The van der Waals surface area contributed by atoms with Crippen LogP contribution in [-0.2, 0) is 13.1 Å². The van der Waals surface area contributed by atoms with E-state index in [1.807, 2.05) is 34.0 Å². The van der Waals surface area contributed by atoms with Crippen molar-refractivity contribution in [2.75, 3.05) is 6.54 Å². The van der Waals surface area contributed by atoms with Gasteiger partial charge < -0.3 is 4.90 Å². The van der Waals surface area contributed by atoms with Gasteiger partial charge >= 0.3 is 0 Å². The maximum absolute atomic E-state index is 13.1. The zero-order valence-electron chi connectivity index (χ0n) is 16.1. The van der Waals surface area contributed by atoms with Crippen molar-refractivity contribution in [1.29, 1.82) is 0 Å². The van der Waals surface area contributed by atoms with Gasteiger partial charge in [-0.2, -0.15) is 0 Å². The maximum Gasteiger partial charge on any atom is 0.276 e. The van der Waals surface area contributed by atoms with Gasteiger partial charge in [0.1, 0.15) is 0 Å². The molecule has 2 aliphatic carbocycles. The second kappa shape index (κ2) is 8.68. The van der Waals surface area contributed by atoms with E-state index in [4.69, 9.17) is 0 Å². The van der Waals surface area contributed by atoms with E-state index in [9.17, 15) is 4.79 Å². The molecule has 0 atom stereocenters. The first-order valence-electron chi connectivity index (χ1n) is 10.5. The molecule has 1 heterocycles. The molecule has 1 aromatic heterocycles. The van der Waals surface area contributed by atoms with Crippen molar-refractivity contribution in [2.45, 2.75) is 64.5 Å². The summed E-state index contributed by atoms with van der Waals surface area (Å²) >= 11 is 0. The number of amides is 1. The predicted octanol–water partition coefficient (Wildman–Crippen LogP) is 4.30. The van der Waals surface area contributed by atoms with Gasteiger partial charge in [0.2, 0.25) is 0 Å². The van der Waals surface area contributed by atoms with E-state index in [1.165, 1.54) is 56.9 Å². The summed E-state index contributed by atoms with van der Waals surface area (Å²) < 4.78 is 1.88. The molecular formula is C22H30N4O. The van der Waals surface area contributed by atoms with Gasteiger partial charge in [0, 0.05) is 19.6 Å². The van der Waals surface area contributed by atoms with Crippen molar-refractivity contribution in [3.63, 3.8) is 0 Å². The van der Waals surface area contributed by atoms with Gasteiger partial charge in [0.05, 0.1) is 6.20 Å². The molecule has 1 amide bonds. The zero-order chi connectivity index (χ0) is 18.5. The second-order valence-electron chi connectivity index (χ2n) is 8.30. The Balaban J connectivity index is 1.43. The molecule has 0 aliphatic heterocycles. The Labute approximate surface area is 161 Å². The summed E-state index contributed by atoms with van der Waals surface area (Å²) in [6, 6.07) is 10.2. The van der Waals surface area contributed by atoms with Gasteiger partial charge in [-0.05, 0) is 43.1 Å². The lowest BCUT2D eigenvalue weighted by Gasteiger charge is -2.32. The fourth-order valence-electron chi connectivity index (χ4n) is 4.29. The summed E-state index contributed by atoms with van der Waals surface area (Å²) in [5.41, 5.74) is 1.65. The highest BCUT2D eigenvalue weighted by molar-refractivity contribution is 5.91. The molecule has 0 spiro atoms. The topological polar surface area (TPSA) is 51.0 Å². The predicted molar refractivity (Wildman–Crippen MR) is 105 cm³/mol. The summed E-state index contributed by atoms with van der Waals surface area (Å²) in [6.45, 7) is 2.36. The Hall–Kier alpha value is -2.17. The number of nitrogens with zero attached hydrogens (tertiary/aromatic N) is 4. The second-order valence-corrected chi connectivity index (χ2v) is 8.30. The highest BCUT2D eigenvalue weighted by Crippen LogP contribution is 2.28. The van der Waals surface area contributed by atoms with Crippen LogP contribution in [0.15, 0.2) is 36.5 Å². The highest BCUT2D eigenvalue weighted by atomic mass is 16.2. The van der Waals surface area contributed by atoms with Crippen LogP contribution in [0, 0.1) is 11.8 Å². The average Bonchev–Trinajstić information content (AvgIpc) is 3.13. The number of carbonyl (C=O) groups excluding carboxylic acids is 1. The summed E-state index contributed by atoms with van der Waals surface area (Å²) in [4.78, 5) is 15.1. The van der Waals surface area contributed by atoms with Gasteiger partial charge in [-0.3, -0.25) is 9.48 Å². The molecule has 0 bridgehead atoms. The lowest BCUT2D eigenvalue weighted by molar-refractivity contribution is 0.0673. The van der Waals surface area contributed by atoms with Crippen molar-refractivity contribution in [1.82, 2.24) is 19.9 Å². The van der Waals surface area contributed by atoms with Crippen LogP contribution >= 0.6 is 0 Å². The van der Waals surface area contributed by atoms with Crippen LogP contribution in [0.5, 0.6) is 0 Å². The molecule has 2 aliphatic rings. The molecule has 27 heavy (non-hydrogen) atoms. The number of hydrogen-bond acceptors (Lipinski definition) is 3. The standard InChI is InChI=1S/C22H30N4O/c27-22(21-17-26(24-23-21)16-20-10-5-2-6-11-20)25(15-19-12-7-13-19)14-18-8-3-1-4-9-18/h1,3-4,8-9,17,19-20H,2,5-7,10-16H2. The van der Waals surface area contributed by atoms with Gasteiger partial charge in [0.15, 0.2) is 5.69 Å². The van der Waals surface area contributed by atoms with Crippen LogP contribution in [0.2, 0.25) is 0 Å². The first-order chi connectivity index (χ1) is 13.3. The Kier molecular flexibility index (Phi) is 5.85. The lowest BCUT2D eigenvalue weighted by atomic mass is 9.85. The molecule has 5 heteroatoms. The van der Waals surface area contributed by atoms with Crippen LogP contribution in [0.4, 0.5) is 0 Å². The smallest absolute Gasteiger partial charge is 0.276 e. The molecule has 1 aromatic carbocycles. The average molecular weight is 367 g/mol. The summed E-state index contributed by atoms with van der Waals surface area (Å²) in [5, 5.41) is 8.47. The molecule has 0 N–H and O–H groups in total. The van der Waals surface area contributed by atoms with Crippen LogP contribution < -0.4 is 0 Å². The Bertz CT molecular complexity index is 732.